The Morgan fingerprint density at radius 1 is 1.18 bits per heavy atom. The van der Waals surface area contributed by atoms with Crippen molar-refractivity contribution >= 4 is 47.4 Å². The third-order valence-electron chi connectivity index (χ3n) is 1.20. The number of hydrogen-bond acceptors (Lipinski definition) is 1. The van der Waals surface area contributed by atoms with E-state index < -0.39 is 3.67 Å². The summed E-state index contributed by atoms with van der Waals surface area (Å²) in [4.78, 5) is 0. The predicted molar refractivity (Wildman–Crippen MR) is 53.8 cm³/mol. The SMILES string of the molecule is SC(Cl)(Cl)c1ccccc1Cl. The predicted octanol–water partition coefficient (Wildman–Crippen LogP) is 3.86. The van der Waals surface area contributed by atoms with Crippen molar-refractivity contribution in [3.05, 3.63) is 34.9 Å². The maximum absolute atomic E-state index is 5.79. The summed E-state index contributed by atoms with van der Waals surface area (Å²) in [5.74, 6) is 0. The van der Waals surface area contributed by atoms with E-state index in [-0.39, 0.29) is 0 Å². The van der Waals surface area contributed by atoms with Gasteiger partial charge in [-0.15, -0.1) is 12.6 Å². The highest BCUT2D eigenvalue weighted by molar-refractivity contribution is 7.84. The van der Waals surface area contributed by atoms with Crippen LogP contribution in [-0.4, -0.2) is 0 Å². The molecule has 1 rings (SSSR count). The number of thiol groups is 1. The molecular weight excluding hydrogens is 223 g/mol. The lowest BCUT2D eigenvalue weighted by Gasteiger charge is -2.13. The van der Waals surface area contributed by atoms with Crippen LogP contribution >= 0.6 is 47.4 Å². The molecule has 0 radical (unpaired) electrons. The Morgan fingerprint density at radius 2 is 1.73 bits per heavy atom. The van der Waals surface area contributed by atoms with Gasteiger partial charge in [-0.3, -0.25) is 0 Å². The van der Waals surface area contributed by atoms with Gasteiger partial charge >= 0.3 is 0 Å². The number of halogens is 3. The van der Waals surface area contributed by atoms with E-state index in [1.165, 1.54) is 0 Å². The average Bonchev–Trinajstić information content (AvgIpc) is 1.86. The molecule has 0 N–H and O–H groups in total. The first-order valence-corrected chi connectivity index (χ1v) is 4.45. The monoisotopic (exact) mass is 226 g/mol. The largest absolute Gasteiger partial charge is 0.187 e. The molecule has 0 atom stereocenters. The van der Waals surface area contributed by atoms with Crippen LogP contribution < -0.4 is 0 Å². The molecule has 11 heavy (non-hydrogen) atoms. The summed E-state index contributed by atoms with van der Waals surface area (Å²) in [6.45, 7) is 0. The van der Waals surface area contributed by atoms with Crippen molar-refractivity contribution in [1.29, 1.82) is 0 Å². The molecule has 60 valence electrons. The van der Waals surface area contributed by atoms with Gasteiger partial charge in [-0.2, -0.15) is 0 Å². The molecule has 0 heterocycles. The molecule has 0 saturated carbocycles. The third kappa shape index (κ3) is 2.45. The standard InChI is InChI=1S/C7H5Cl3S/c8-6-4-2-1-3-5(6)7(9,10)11/h1-4,11H. The zero-order chi connectivity index (χ0) is 8.48. The molecule has 0 spiro atoms. The van der Waals surface area contributed by atoms with Crippen LogP contribution in [0.15, 0.2) is 24.3 Å². The highest BCUT2D eigenvalue weighted by Gasteiger charge is 2.22. The van der Waals surface area contributed by atoms with E-state index in [0.717, 1.165) is 0 Å². The molecule has 0 saturated heterocycles. The normalized spacial score (nSPS) is 11.6. The fourth-order valence-electron chi connectivity index (χ4n) is 0.705. The second-order valence-electron chi connectivity index (χ2n) is 2.02. The fraction of sp³-hybridized carbons (Fsp3) is 0.143. The molecule has 0 nitrogen and oxygen atoms in total. The van der Waals surface area contributed by atoms with E-state index in [9.17, 15) is 0 Å². The lowest BCUT2D eigenvalue weighted by molar-refractivity contribution is 1.27. The first-order chi connectivity index (χ1) is 5.02. The van der Waals surface area contributed by atoms with Crippen LogP contribution in [0.4, 0.5) is 0 Å². The van der Waals surface area contributed by atoms with Crippen LogP contribution in [0.5, 0.6) is 0 Å². The maximum atomic E-state index is 5.79. The molecule has 1 aromatic carbocycles. The van der Waals surface area contributed by atoms with Crippen LogP contribution in [0.25, 0.3) is 0 Å². The number of benzene rings is 1. The Morgan fingerprint density at radius 3 is 2.09 bits per heavy atom. The second-order valence-corrected chi connectivity index (χ2v) is 4.95. The van der Waals surface area contributed by atoms with Crippen molar-refractivity contribution in [3.63, 3.8) is 0 Å². The molecular formula is C7H5Cl3S. The van der Waals surface area contributed by atoms with Gasteiger partial charge in [0.05, 0.1) is 0 Å². The third-order valence-corrected chi connectivity index (χ3v) is 2.18. The van der Waals surface area contributed by atoms with Gasteiger partial charge in [0.1, 0.15) is 0 Å². The van der Waals surface area contributed by atoms with Gasteiger partial charge in [-0.25, -0.2) is 0 Å². The van der Waals surface area contributed by atoms with Crippen molar-refractivity contribution in [2.45, 2.75) is 3.67 Å². The van der Waals surface area contributed by atoms with Crippen LogP contribution in [0.3, 0.4) is 0 Å². The van der Waals surface area contributed by atoms with Crippen molar-refractivity contribution in [2.24, 2.45) is 0 Å². The Kier molecular flexibility index (Phi) is 2.98. The van der Waals surface area contributed by atoms with Crippen molar-refractivity contribution < 1.29 is 0 Å². The van der Waals surface area contributed by atoms with E-state index >= 15 is 0 Å². The molecule has 0 unspecified atom stereocenters. The minimum absolute atomic E-state index is 0.521. The quantitative estimate of drug-likeness (QED) is 0.547. The number of alkyl halides is 2. The fourth-order valence-corrected chi connectivity index (χ4v) is 1.67. The Hall–Kier alpha value is 0.440. The lowest BCUT2D eigenvalue weighted by atomic mass is 10.2. The average molecular weight is 228 g/mol. The highest BCUT2D eigenvalue weighted by Crippen LogP contribution is 2.40. The molecule has 0 fully saturated rings. The molecule has 0 aromatic heterocycles. The van der Waals surface area contributed by atoms with Crippen LogP contribution in [0.1, 0.15) is 5.56 Å². The first-order valence-electron chi connectivity index (χ1n) is 2.87. The molecule has 4 heteroatoms. The molecule has 0 bridgehead atoms. The van der Waals surface area contributed by atoms with Gasteiger partial charge in [0.2, 0.25) is 0 Å². The van der Waals surface area contributed by atoms with Crippen LogP contribution in [0.2, 0.25) is 5.02 Å². The molecule has 1 aromatic rings. The smallest absolute Gasteiger partial charge is 0.136 e. The summed E-state index contributed by atoms with van der Waals surface area (Å²) in [6, 6.07) is 7.05. The summed E-state index contributed by atoms with van der Waals surface area (Å²) in [6.07, 6.45) is 0. The van der Waals surface area contributed by atoms with E-state index in [0.29, 0.717) is 10.6 Å². The van der Waals surface area contributed by atoms with Gasteiger partial charge in [0.15, 0.2) is 3.67 Å². The van der Waals surface area contributed by atoms with E-state index in [1.54, 1.807) is 24.3 Å². The maximum Gasteiger partial charge on any atom is 0.187 e. The minimum atomic E-state index is -1.21. The number of rotatable bonds is 1. The van der Waals surface area contributed by atoms with Gasteiger partial charge in [0.25, 0.3) is 0 Å². The summed E-state index contributed by atoms with van der Waals surface area (Å²) < 4.78 is -1.21. The van der Waals surface area contributed by atoms with Crippen LogP contribution in [0, 0.1) is 0 Å². The summed E-state index contributed by atoms with van der Waals surface area (Å²) >= 11 is 21.2. The molecule has 0 aliphatic carbocycles. The highest BCUT2D eigenvalue weighted by atomic mass is 35.5. The number of hydrogen-bond donors (Lipinski definition) is 1. The van der Waals surface area contributed by atoms with E-state index in [4.69, 9.17) is 34.8 Å². The first kappa shape index (κ1) is 9.53. The summed E-state index contributed by atoms with van der Waals surface area (Å²) in [5.41, 5.74) is 0.605. The lowest BCUT2D eigenvalue weighted by Crippen LogP contribution is -2.00. The topological polar surface area (TPSA) is 0 Å². The van der Waals surface area contributed by atoms with Gasteiger partial charge < -0.3 is 0 Å². The van der Waals surface area contributed by atoms with Gasteiger partial charge in [-0.05, 0) is 6.07 Å². The minimum Gasteiger partial charge on any atom is -0.136 e. The molecule has 0 amide bonds. The van der Waals surface area contributed by atoms with E-state index in [2.05, 4.69) is 12.6 Å². The Balaban J connectivity index is 3.14. The van der Waals surface area contributed by atoms with Crippen molar-refractivity contribution in [2.75, 3.05) is 0 Å². The Bertz CT molecular complexity index is 254. The second kappa shape index (κ2) is 3.44. The van der Waals surface area contributed by atoms with Crippen molar-refractivity contribution in [3.8, 4) is 0 Å². The summed E-state index contributed by atoms with van der Waals surface area (Å²) in [7, 11) is 0. The molecule has 0 aliphatic heterocycles. The Labute approximate surface area is 85.9 Å². The van der Waals surface area contributed by atoms with Gasteiger partial charge in [0, 0.05) is 10.6 Å². The zero-order valence-electron chi connectivity index (χ0n) is 5.39. The summed E-state index contributed by atoms with van der Waals surface area (Å²) in [5, 5.41) is 0.521. The zero-order valence-corrected chi connectivity index (χ0v) is 8.55. The van der Waals surface area contributed by atoms with Crippen molar-refractivity contribution in [1.82, 2.24) is 0 Å². The van der Waals surface area contributed by atoms with E-state index in [1.807, 2.05) is 0 Å². The van der Waals surface area contributed by atoms with Crippen LogP contribution in [-0.2, 0) is 3.67 Å². The molecule has 0 aliphatic rings. The van der Waals surface area contributed by atoms with Gasteiger partial charge in [-0.1, -0.05) is 53.0 Å².